The van der Waals surface area contributed by atoms with E-state index in [0.29, 0.717) is 18.9 Å². The third-order valence-corrected chi connectivity index (χ3v) is 6.39. The van der Waals surface area contributed by atoms with Gasteiger partial charge in [0.05, 0.1) is 12.4 Å². The Morgan fingerprint density at radius 3 is 2.81 bits per heavy atom. The fraction of sp³-hybridized carbons (Fsp3) is 0.476. The van der Waals surface area contributed by atoms with Crippen molar-refractivity contribution in [3.8, 4) is 5.75 Å². The number of nitrogens with zero attached hydrogens (tertiary/aromatic N) is 1. The number of piperidine rings is 1. The van der Waals surface area contributed by atoms with Gasteiger partial charge in [0.1, 0.15) is 5.75 Å². The quantitative estimate of drug-likeness (QED) is 0.470. The van der Waals surface area contributed by atoms with E-state index in [9.17, 15) is 4.79 Å². The third-order valence-electron chi connectivity index (χ3n) is 4.48. The zero-order valence-electron chi connectivity index (χ0n) is 15.7. The van der Waals surface area contributed by atoms with Gasteiger partial charge >= 0.3 is 0 Å². The number of thiophene rings is 1. The second-order valence-corrected chi connectivity index (χ2v) is 8.78. The molecule has 4 nitrogen and oxygen atoms in total. The van der Waals surface area contributed by atoms with E-state index in [0.717, 1.165) is 23.6 Å². The number of nitrogens with one attached hydrogen (secondary N) is 1. The van der Waals surface area contributed by atoms with Crippen LogP contribution in [0.5, 0.6) is 5.75 Å². The van der Waals surface area contributed by atoms with Crippen LogP contribution < -0.4 is 10.1 Å². The van der Waals surface area contributed by atoms with Gasteiger partial charge in [-0.25, -0.2) is 0 Å². The lowest BCUT2D eigenvalue weighted by atomic mass is 10.1. The molecule has 1 aromatic heterocycles. The van der Waals surface area contributed by atoms with Gasteiger partial charge in [-0.3, -0.25) is 9.69 Å². The maximum atomic E-state index is 11.9. The molecule has 2 heterocycles. The van der Waals surface area contributed by atoms with E-state index >= 15 is 0 Å². The van der Waals surface area contributed by atoms with E-state index in [1.807, 2.05) is 30.3 Å². The average molecular weight is 405 g/mol. The van der Waals surface area contributed by atoms with Crippen LogP contribution in [0.25, 0.3) is 0 Å². The van der Waals surface area contributed by atoms with Gasteiger partial charge in [-0.15, -0.1) is 23.1 Å². The molecule has 1 aliphatic heterocycles. The first kappa shape index (κ1) is 20.2. The summed E-state index contributed by atoms with van der Waals surface area (Å²) in [6.45, 7) is 4.76. The molecule has 0 spiro atoms. The number of rotatable bonds is 10. The highest BCUT2D eigenvalue weighted by atomic mass is 32.2. The van der Waals surface area contributed by atoms with Crippen molar-refractivity contribution in [2.45, 2.75) is 37.1 Å². The van der Waals surface area contributed by atoms with Gasteiger partial charge in [-0.05, 0) is 50.6 Å². The number of thioether (sulfide) groups is 1. The Bertz CT molecular complexity index is 684. The van der Waals surface area contributed by atoms with Crippen molar-refractivity contribution in [3.05, 3.63) is 46.7 Å². The molecule has 2 aromatic rings. The Morgan fingerprint density at radius 2 is 2.00 bits per heavy atom. The Kier molecular flexibility index (Phi) is 8.52. The summed E-state index contributed by atoms with van der Waals surface area (Å²) in [6, 6.07) is 12.2. The van der Waals surface area contributed by atoms with E-state index in [1.54, 1.807) is 23.1 Å². The van der Waals surface area contributed by atoms with Gasteiger partial charge in [-0.2, -0.15) is 0 Å². The number of hydrogen-bond acceptors (Lipinski definition) is 5. The zero-order chi connectivity index (χ0) is 18.7. The first-order valence-electron chi connectivity index (χ1n) is 9.67. The summed E-state index contributed by atoms with van der Waals surface area (Å²) in [5.41, 5.74) is 0. The minimum absolute atomic E-state index is 0.0724. The van der Waals surface area contributed by atoms with Crippen molar-refractivity contribution in [2.75, 3.05) is 32.0 Å². The SMILES string of the molecule is O=C(CSc1ccccc1)NCCCOc1csc(CN2CCCCC2)c1. The molecule has 1 amide bonds. The van der Waals surface area contributed by atoms with Crippen molar-refractivity contribution in [1.82, 2.24) is 10.2 Å². The van der Waals surface area contributed by atoms with Crippen LogP contribution in [0.1, 0.15) is 30.6 Å². The number of hydrogen-bond donors (Lipinski definition) is 1. The highest BCUT2D eigenvalue weighted by Gasteiger charge is 2.11. The second-order valence-electron chi connectivity index (χ2n) is 6.74. The number of likely N-dealkylation sites (tertiary alicyclic amines) is 1. The molecule has 1 aliphatic rings. The molecule has 0 saturated carbocycles. The highest BCUT2D eigenvalue weighted by Crippen LogP contribution is 2.24. The van der Waals surface area contributed by atoms with Crippen LogP contribution in [0.2, 0.25) is 0 Å². The van der Waals surface area contributed by atoms with Crippen LogP contribution in [0, 0.1) is 0 Å². The van der Waals surface area contributed by atoms with E-state index in [-0.39, 0.29) is 5.91 Å². The Balaban J connectivity index is 1.25. The first-order chi connectivity index (χ1) is 13.3. The molecule has 0 aliphatic carbocycles. The van der Waals surface area contributed by atoms with E-state index in [1.165, 1.54) is 37.2 Å². The Hall–Kier alpha value is -1.50. The topological polar surface area (TPSA) is 41.6 Å². The van der Waals surface area contributed by atoms with Crippen LogP contribution in [-0.2, 0) is 11.3 Å². The third kappa shape index (κ3) is 7.56. The van der Waals surface area contributed by atoms with Gasteiger partial charge in [0.15, 0.2) is 0 Å². The second kappa shape index (κ2) is 11.4. The zero-order valence-corrected chi connectivity index (χ0v) is 17.3. The molecule has 0 radical (unpaired) electrons. The number of benzene rings is 1. The lowest BCUT2D eigenvalue weighted by Gasteiger charge is -2.25. The largest absolute Gasteiger partial charge is 0.493 e. The van der Waals surface area contributed by atoms with E-state index in [2.05, 4.69) is 21.7 Å². The molecule has 0 bridgehead atoms. The van der Waals surface area contributed by atoms with Crippen molar-refractivity contribution in [2.24, 2.45) is 0 Å². The summed E-state index contributed by atoms with van der Waals surface area (Å²) in [5.74, 6) is 1.48. The predicted molar refractivity (Wildman–Crippen MR) is 114 cm³/mol. The van der Waals surface area contributed by atoms with Gasteiger partial charge in [0.2, 0.25) is 5.91 Å². The van der Waals surface area contributed by atoms with Crippen LogP contribution >= 0.6 is 23.1 Å². The standard InChI is InChI=1S/C21H28N2O2S2/c24-21(17-27-19-8-3-1-4-9-19)22-10-7-13-25-18-14-20(26-16-18)15-23-11-5-2-6-12-23/h1,3-4,8-9,14,16H,2,5-7,10-13,15,17H2,(H,22,24). The number of carbonyl (C=O) groups is 1. The number of carbonyl (C=O) groups excluding carboxylic acids is 1. The molecule has 27 heavy (non-hydrogen) atoms. The average Bonchev–Trinajstić information content (AvgIpc) is 3.15. The van der Waals surface area contributed by atoms with Crippen LogP contribution in [0.15, 0.2) is 46.7 Å². The smallest absolute Gasteiger partial charge is 0.230 e. The van der Waals surface area contributed by atoms with Crippen molar-refractivity contribution < 1.29 is 9.53 Å². The van der Waals surface area contributed by atoms with E-state index in [4.69, 9.17) is 4.74 Å². The van der Waals surface area contributed by atoms with Crippen LogP contribution in [0.3, 0.4) is 0 Å². The molecule has 0 unspecified atom stereocenters. The normalized spacial score (nSPS) is 14.8. The summed E-state index contributed by atoms with van der Waals surface area (Å²) < 4.78 is 5.82. The lowest BCUT2D eigenvalue weighted by molar-refractivity contribution is -0.118. The Morgan fingerprint density at radius 1 is 1.19 bits per heavy atom. The highest BCUT2D eigenvalue weighted by molar-refractivity contribution is 8.00. The lowest BCUT2D eigenvalue weighted by Crippen LogP contribution is -2.28. The molecule has 6 heteroatoms. The van der Waals surface area contributed by atoms with Gasteiger partial charge in [0.25, 0.3) is 0 Å². The monoisotopic (exact) mass is 404 g/mol. The van der Waals surface area contributed by atoms with Crippen LogP contribution in [0.4, 0.5) is 0 Å². The summed E-state index contributed by atoms with van der Waals surface area (Å²) in [4.78, 5) is 16.9. The van der Waals surface area contributed by atoms with E-state index < -0.39 is 0 Å². The fourth-order valence-corrected chi connectivity index (χ4v) is 4.66. The van der Waals surface area contributed by atoms with Gasteiger partial charge < -0.3 is 10.1 Å². The molecule has 0 atom stereocenters. The summed E-state index contributed by atoms with van der Waals surface area (Å²) >= 11 is 3.34. The van der Waals surface area contributed by atoms with Gasteiger partial charge in [-0.1, -0.05) is 24.6 Å². The van der Waals surface area contributed by atoms with Gasteiger partial charge in [0, 0.05) is 28.2 Å². The number of ether oxygens (including phenoxy) is 1. The molecular weight excluding hydrogens is 376 g/mol. The Labute approximate surface area is 170 Å². The van der Waals surface area contributed by atoms with Crippen molar-refractivity contribution in [3.63, 3.8) is 0 Å². The molecule has 1 fully saturated rings. The minimum Gasteiger partial charge on any atom is -0.493 e. The summed E-state index contributed by atoms with van der Waals surface area (Å²) in [6.07, 6.45) is 4.84. The molecule has 146 valence electrons. The predicted octanol–water partition coefficient (Wildman–Crippen LogP) is 4.41. The summed E-state index contributed by atoms with van der Waals surface area (Å²) in [7, 11) is 0. The van der Waals surface area contributed by atoms with Crippen molar-refractivity contribution >= 4 is 29.0 Å². The minimum atomic E-state index is 0.0724. The maximum absolute atomic E-state index is 11.9. The molecule has 3 rings (SSSR count). The fourth-order valence-electron chi connectivity index (χ4n) is 3.06. The summed E-state index contributed by atoms with van der Waals surface area (Å²) in [5, 5.41) is 5.05. The first-order valence-corrected chi connectivity index (χ1v) is 11.5. The molecule has 1 N–H and O–H groups in total. The molecular formula is C21H28N2O2S2. The molecule has 1 saturated heterocycles. The van der Waals surface area contributed by atoms with Crippen molar-refractivity contribution in [1.29, 1.82) is 0 Å². The number of amides is 1. The van der Waals surface area contributed by atoms with Crippen LogP contribution in [-0.4, -0.2) is 42.8 Å². The maximum Gasteiger partial charge on any atom is 0.230 e. The molecule has 1 aromatic carbocycles.